The summed E-state index contributed by atoms with van der Waals surface area (Å²) in [5.74, 6) is 2.47. The van der Waals surface area contributed by atoms with Gasteiger partial charge in [-0.25, -0.2) is 4.98 Å². The van der Waals surface area contributed by atoms with Crippen LogP contribution in [0.3, 0.4) is 0 Å². The number of anilines is 2. The second-order valence-corrected chi connectivity index (χ2v) is 9.82. The molecule has 2 aliphatic rings. The first-order chi connectivity index (χ1) is 16.2. The average Bonchev–Trinajstić information content (AvgIpc) is 3.22. The summed E-state index contributed by atoms with van der Waals surface area (Å²) in [6.07, 6.45) is 4.69. The number of carbonyl (C=O) groups is 1. The van der Waals surface area contributed by atoms with Crippen LogP contribution in [0.15, 0.2) is 28.7 Å². The maximum atomic E-state index is 12.6. The lowest BCUT2D eigenvalue weighted by Gasteiger charge is -2.17. The molecule has 1 amide bonds. The molecule has 0 spiro atoms. The SMILES string of the molecule is COc1ccc(-c2csc(NC(=O)CSc3nnc(N4CCCC4)n3C3CC3)n2)c(OC)c1. The van der Waals surface area contributed by atoms with Crippen LogP contribution in [0.4, 0.5) is 11.1 Å². The summed E-state index contributed by atoms with van der Waals surface area (Å²) in [5, 5.41) is 15.0. The first-order valence-electron chi connectivity index (χ1n) is 11.0. The van der Waals surface area contributed by atoms with Crippen LogP contribution in [0.1, 0.15) is 31.7 Å². The van der Waals surface area contributed by atoms with E-state index in [4.69, 9.17) is 9.47 Å². The lowest BCUT2D eigenvalue weighted by molar-refractivity contribution is -0.113. The summed E-state index contributed by atoms with van der Waals surface area (Å²) in [6, 6.07) is 6.04. The van der Waals surface area contributed by atoms with Crippen molar-refractivity contribution in [2.75, 3.05) is 43.3 Å². The summed E-state index contributed by atoms with van der Waals surface area (Å²) < 4.78 is 12.9. The number of methoxy groups -OCH3 is 2. The van der Waals surface area contributed by atoms with E-state index in [9.17, 15) is 4.79 Å². The molecule has 3 aromatic rings. The van der Waals surface area contributed by atoms with E-state index in [1.807, 2.05) is 23.6 Å². The highest BCUT2D eigenvalue weighted by atomic mass is 32.2. The molecule has 1 saturated carbocycles. The molecule has 1 N–H and O–H groups in total. The van der Waals surface area contributed by atoms with Crippen molar-refractivity contribution in [2.24, 2.45) is 0 Å². The number of nitrogens with zero attached hydrogens (tertiary/aromatic N) is 5. The van der Waals surface area contributed by atoms with Crippen LogP contribution in [0.25, 0.3) is 11.3 Å². The molecule has 2 aromatic heterocycles. The molecule has 0 bridgehead atoms. The van der Waals surface area contributed by atoms with Crippen LogP contribution >= 0.6 is 23.1 Å². The van der Waals surface area contributed by atoms with Gasteiger partial charge in [0.1, 0.15) is 11.5 Å². The van der Waals surface area contributed by atoms with E-state index < -0.39 is 0 Å². The number of carbonyl (C=O) groups excluding carboxylic acids is 1. The Balaban J connectivity index is 1.23. The number of benzene rings is 1. The number of aromatic nitrogens is 4. The molecule has 2 fully saturated rings. The highest BCUT2D eigenvalue weighted by Gasteiger charge is 2.32. The largest absolute Gasteiger partial charge is 0.497 e. The number of thioether (sulfide) groups is 1. The zero-order valence-corrected chi connectivity index (χ0v) is 20.2. The van der Waals surface area contributed by atoms with Crippen molar-refractivity contribution in [1.29, 1.82) is 0 Å². The Bertz CT molecular complexity index is 1140. The molecule has 1 aliphatic heterocycles. The van der Waals surface area contributed by atoms with Gasteiger partial charge in [0.25, 0.3) is 0 Å². The third-order valence-corrected chi connectivity index (χ3v) is 7.42. The lowest BCUT2D eigenvalue weighted by atomic mass is 10.1. The number of ether oxygens (including phenoxy) is 2. The van der Waals surface area contributed by atoms with Gasteiger partial charge in [-0.1, -0.05) is 11.8 Å². The molecule has 0 atom stereocenters. The van der Waals surface area contributed by atoms with Crippen LogP contribution in [-0.2, 0) is 4.79 Å². The first kappa shape index (κ1) is 22.0. The van der Waals surface area contributed by atoms with Gasteiger partial charge >= 0.3 is 0 Å². The Morgan fingerprint density at radius 2 is 2.03 bits per heavy atom. The molecular formula is C22H26N6O3S2. The molecule has 33 heavy (non-hydrogen) atoms. The minimum absolute atomic E-state index is 0.115. The van der Waals surface area contributed by atoms with Crippen LogP contribution < -0.4 is 19.7 Å². The van der Waals surface area contributed by atoms with Gasteiger partial charge in [0.05, 0.1) is 25.7 Å². The summed E-state index contributed by atoms with van der Waals surface area (Å²) in [7, 11) is 3.23. The van der Waals surface area contributed by atoms with Gasteiger partial charge in [-0.2, -0.15) is 0 Å². The van der Waals surface area contributed by atoms with Gasteiger partial charge in [-0.15, -0.1) is 21.5 Å². The van der Waals surface area contributed by atoms with Crippen molar-refractivity contribution in [1.82, 2.24) is 19.7 Å². The highest BCUT2D eigenvalue weighted by molar-refractivity contribution is 7.99. The van der Waals surface area contributed by atoms with E-state index in [1.165, 1.54) is 35.9 Å². The van der Waals surface area contributed by atoms with Crippen molar-refractivity contribution in [3.8, 4) is 22.8 Å². The zero-order valence-electron chi connectivity index (χ0n) is 18.6. The van der Waals surface area contributed by atoms with E-state index in [0.29, 0.717) is 22.7 Å². The van der Waals surface area contributed by atoms with Crippen molar-refractivity contribution in [3.05, 3.63) is 23.6 Å². The molecule has 0 unspecified atom stereocenters. The van der Waals surface area contributed by atoms with E-state index in [2.05, 4.69) is 30.0 Å². The van der Waals surface area contributed by atoms with Crippen LogP contribution in [0, 0.1) is 0 Å². The second kappa shape index (κ2) is 9.60. The van der Waals surface area contributed by atoms with Gasteiger partial charge < -0.3 is 19.7 Å². The summed E-state index contributed by atoms with van der Waals surface area (Å²) in [6.45, 7) is 2.06. The van der Waals surface area contributed by atoms with Crippen molar-refractivity contribution in [2.45, 2.75) is 36.9 Å². The number of amides is 1. The van der Waals surface area contributed by atoms with E-state index in [-0.39, 0.29) is 11.7 Å². The Morgan fingerprint density at radius 1 is 1.21 bits per heavy atom. The average molecular weight is 487 g/mol. The van der Waals surface area contributed by atoms with Gasteiger partial charge in [-0.05, 0) is 37.8 Å². The molecule has 0 radical (unpaired) electrons. The molecule has 1 saturated heterocycles. The predicted molar refractivity (Wildman–Crippen MR) is 130 cm³/mol. The number of thiazole rings is 1. The summed E-state index contributed by atoms with van der Waals surface area (Å²) in [4.78, 5) is 19.5. The summed E-state index contributed by atoms with van der Waals surface area (Å²) in [5.41, 5.74) is 1.59. The molecule has 9 nitrogen and oxygen atoms in total. The maximum absolute atomic E-state index is 12.6. The Kier molecular flexibility index (Phi) is 6.41. The van der Waals surface area contributed by atoms with Gasteiger partial charge in [-0.3, -0.25) is 9.36 Å². The topological polar surface area (TPSA) is 94.4 Å². The predicted octanol–water partition coefficient (Wildman–Crippen LogP) is 4.08. The Labute approximate surface area is 200 Å². The monoisotopic (exact) mass is 486 g/mol. The van der Waals surface area contributed by atoms with Crippen molar-refractivity contribution < 1.29 is 14.3 Å². The number of rotatable bonds is 9. The molecule has 11 heteroatoms. The number of nitrogens with one attached hydrogen (secondary N) is 1. The molecule has 5 rings (SSSR count). The molecule has 3 heterocycles. The number of hydrogen-bond donors (Lipinski definition) is 1. The maximum Gasteiger partial charge on any atom is 0.236 e. The minimum Gasteiger partial charge on any atom is -0.497 e. The standard InChI is InChI=1S/C22H26N6O3S2/c1-30-15-7-8-16(18(11-15)31-2)17-12-32-20(23-17)24-19(29)13-33-22-26-25-21(27-9-3-4-10-27)28(22)14-5-6-14/h7-8,11-12,14H,3-6,9-10,13H2,1-2H3,(H,23,24,29). The second-order valence-electron chi connectivity index (χ2n) is 8.02. The number of hydrogen-bond acceptors (Lipinski definition) is 9. The molecular weight excluding hydrogens is 460 g/mol. The first-order valence-corrected chi connectivity index (χ1v) is 12.8. The van der Waals surface area contributed by atoms with Crippen molar-refractivity contribution in [3.63, 3.8) is 0 Å². The van der Waals surface area contributed by atoms with E-state index in [0.717, 1.165) is 48.3 Å². The van der Waals surface area contributed by atoms with Gasteiger partial charge in [0.15, 0.2) is 10.3 Å². The van der Waals surface area contributed by atoms with E-state index >= 15 is 0 Å². The van der Waals surface area contributed by atoms with Crippen LogP contribution in [0.5, 0.6) is 11.5 Å². The molecule has 1 aromatic carbocycles. The van der Waals surface area contributed by atoms with Crippen molar-refractivity contribution >= 4 is 40.1 Å². The fraction of sp³-hybridized carbons (Fsp3) is 0.455. The van der Waals surface area contributed by atoms with Crippen LogP contribution in [-0.4, -0.2) is 58.7 Å². The quantitative estimate of drug-likeness (QED) is 0.452. The lowest BCUT2D eigenvalue weighted by Crippen LogP contribution is -2.22. The molecule has 174 valence electrons. The Hall–Kier alpha value is -2.79. The fourth-order valence-electron chi connectivity index (χ4n) is 3.90. The third kappa shape index (κ3) is 4.79. The molecule has 1 aliphatic carbocycles. The highest BCUT2D eigenvalue weighted by Crippen LogP contribution is 2.41. The van der Waals surface area contributed by atoms with Gasteiger partial charge in [0.2, 0.25) is 11.9 Å². The Morgan fingerprint density at radius 3 is 2.76 bits per heavy atom. The normalized spacial score (nSPS) is 15.6. The fourth-order valence-corrected chi connectivity index (χ4v) is 5.43. The zero-order chi connectivity index (χ0) is 22.8. The van der Waals surface area contributed by atoms with Gasteiger partial charge in [0, 0.05) is 36.1 Å². The van der Waals surface area contributed by atoms with Crippen LogP contribution in [0.2, 0.25) is 0 Å². The van der Waals surface area contributed by atoms with E-state index in [1.54, 1.807) is 14.2 Å². The third-order valence-electron chi connectivity index (χ3n) is 5.72. The minimum atomic E-state index is -0.115. The smallest absolute Gasteiger partial charge is 0.236 e. The summed E-state index contributed by atoms with van der Waals surface area (Å²) >= 11 is 2.81.